The van der Waals surface area contributed by atoms with Crippen LogP contribution in [0.2, 0.25) is 13.1 Å². The van der Waals surface area contributed by atoms with E-state index in [2.05, 4.69) is 202 Å². The summed E-state index contributed by atoms with van der Waals surface area (Å²) in [7, 11) is -2.34. The van der Waals surface area contributed by atoms with Crippen LogP contribution in [0.25, 0.3) is 65.3 Å². The molecule has 0 heterocycles. The Hall–Kier alpha value is -5.80. The van der Waals surface area contributed by atoms with Gasteiger partial charge in [0, 0.05) is 8.07 Å². The van der Waals surface area contributed by atoms with E-state index in [1.54, 1.807) is 12.1 Å². The van der Waals surface area contributed by atoms with Crippen LogP contribution in [0, 0.1) is 27.7 Å². The van der Waals surface area contributed by atoms with Crippen molar-refractivity contribution in [1.82, 2.24) is 0 Å². The molecule has 0 saturated carbocycles. The summed E-state index contributed by atoms with van der Waals surface area (Å²) in [5.74, 6) is 0.793. The van der Waals surface area contributed by atoms with Gasteiger partial charge in [0.15, 0.2) is 0 Å². The van der Waals surface area contributed by atoms with Crippen molar-refractivity contribution >= 4 is 61.5 Å². The van der Waals surface area contributed by atoms with Crippen LogP contribution >= 0.6 is 0 Å². The Balaban J connectivity index is 0.000000225. The molecule has 0 atom stereocenters. The van der Waals surface area contributed by atoms with Gasteiger partial charge in [0.05, 0.1) is 0 Å². The second-order valence-corrected chi connectivity index (χ2v) is 25.5. The van der Waals surface area contributed by atoms with Crippen molar-refractivity contribution in [3.05, 3.63) is 203 Å². The molecular formula is C64H66O2SiZr. The van der Waals surface area contributed by atoms with Crippen molar-refractivity contribution < 1.29 is 36.4 Å². The van der Waals surface area contributed by atoms with Gasteiger partial charge in [-0.3, -0.25) is 0 Å². The average molecular weight is 987 g/mol. The van der Waals surface area contributed by atoms with Gasteiger partial charge in [0.1, 0.15) is 11.5 Å². The summed E-state index contributed by atoms with van der Waals surface area (Å²) in [5, 5.41) is 32.9. The summed E-state index contributed by atoms with van der Waals surface area (Å²) >= 11 is 0. The number of hydrogen-bond acceptors (Lipinski definition) is 2. The molecule has 0 spiro atoms. The van der Waals surface area contributed by atoms with Crippen molar-refractivity contribution in [3.8, 4) is 33.8 Å². The molecule has 68 heavy (non-hydrogen) atoms. The van der Waals surface area contributed by atoms with Crippen molar-refractivity contribution in [2.75, 3.05) is 0 Å². The maximum atomic E-state index is 9.57. The van der Waals surface area contributed by atoms with Gasteiger partial charge in [-0.25, -0.2) is 0 Å². The number of phenolic OH excluding ortho intramolecular Hbond substituents is 2. The predicted octanol–water partition coefficient (Wildman–Crippen LogP) is 16.5. The maximum absolute atomic E-state index is 9.57. The van der Waals surface area contributed by atoms with Crippen LogP contribution in [0.5, 0.6) is 11.5 Å². The molecule has 0 unspecified atom stereocenters. The maximum Gasteiger partial charge on any atom is 2.00 e. The van der Waals surface area contributed by atoms with Gasteiger partial charge in [-0.05, 0) is 83.3 Å². The zero-order chi connectivity index (χ0) is 48.0. The third kappa shape index (κ3) is 10.1. The van der Waals surface area contributed by atoms with E-state index in [9.17, 15) is 10.2 Å². The normalized spacial score (nSPS) is 11.8. The third-order valence-electron chi connectivity index (χ3n) is 13.4. The first-order valence-electron chi connectivity index (χ1n) is 23.7. The van der Waals surface area contributed by atoms with Gasteiger partial charge < -0.3 is 10.2 Å². The number of rotatable bonds is 4. The smallest absolute Gasteiger partial charge is 0.508 e. The van der Waals surface area contributed by atoms with E-state index in [1.165, 1.54) is 98.0 Å². The molecule has 2 N–H and O–H groups in total. The molecule has 0 aromatic heterocycles. The van der Waals surface area contributed by atoms with Crippen molar-refractivity contribution in [2.45, 2.75) is 93.2 Å². The van der Waals surface area contributed by atoms with E-state index >= 15 is 0 Å². The molecule has 0 saturated heterocycles. The Morgan fingerprint density at radius 1 is 0.397 bits per heavy atom. The van der Waals surface area contributed by atoms with Crippen LogP contribution in [0.1, 0.15) is 74.9 Å². The van der Waals surface area contributed by atoms with Crippen LogP contribution < -0.4 is 10.4 Å². The van der Waals surface area contributed by atoms with E-state index in [-0.39, 0.29) is 37.0 Å². The molecule has 10 rings (SSSR count). The molecule has 10 aromatic rings. The third-order valence-corrected chi connectivity index (χ3v) is 16.9. The Bertz CT molecular complexity index is 3190. The first-order valence-corrected chi connectivity index (χ1v) is 26.7. The van der Waals surface area contributed by atoms with E-state index < -0.39 is 8.07 Å². The Morgan fingerprint density at radius 2 is 0.735 bits per heavy atom. The van der Waals surface area contributed by atoms with Crippen LogP contribution in [-0.2, 0) is 37.0 Å². The van der Waals surface area contributed by atoms with Crippen LogP contribution in [0.15, 0.2) is 170 Å². The number of hydrogen-bond donors (Lipinski definition) is 2. The molecular weight excluding hydrogens is 920 g/mol. The summed E-state index contributed by atoms with van der Waals surface area (Å²) in [6, 6.07) is 61.7. The van der Waals surface area contributed by atoms with Gasteiger partial charge in [-0.1, -0.05) is 221 Å². The minimum atomic E-state index is -2.34. The second kappa shape index (κ2) is 19.7. The van der Waals surface area contributed by atoms with E-state index in [4.69, 9.17) is 0 Å². The molecule has 0 bridgehead atoms. The van der Waals surface area contributed by atoms with Crippen molar-refractivity contribution in [1.29, 1.82) is 0 Å². The fourth-order valence-electron chi connectivity index (χ4n) is 10.2. The molecule has 0 amide bonds. The fourth-order valence-corrected chi connectivity index (χ4v) is 14.0. The number of benzene rings is 8. The zero-order valence-electron chi connectivity index (χ0n) is 42.1. The Kier molecular flexibility index (Phi) is 14.5. The number of aromatic hydroxyl groups is 2. The van der Waals surface area contributed by atoms with E-state index in [1.807, 2.05) is 38.1 Å². The quantitative estimate of drug-likeness (QED) is 0.136. The largest absolute Gasteiger partial charge is 2.00 e. The minimum absolute atomic E-state index is 0. The first-order chi connectivity index (χ1) is 31.7. The summed E-state index contributed by atoms with van der Waals surface area (Å²) in [6.07, 6.45) is 0. The number of phenols is 2. The van der Waals surface area contributed by atoms with Crippen LogP contribution in [0.3, 0.4) is 0 Å². The van der Waals surface area contributed by atoms with Gasteiger partial charge >= 0.3 is 26.2 Å². The summed E-state index contributed by atoms with van der Waals surface area (Å²) < 4.78 is 0. The minimum Gasteiger partial charge on any atom is -0.508 e. The van der Waals surface area contributed by atoms with Crippen LogP contribution in [0.4, 0.5) is 0 Å². The monoisotopic (exact) mass is 984 g/mol. The van der Waals surface area contributed by atoms with Crippen molar-refractivity contribution in [2.24, 2.45) is 0 Å². The van der Waals surface area contributed by atoms with Gasteiger partial charge in [0.25, 0.3) is 0 Å². The molecule has 0 fully saturated rings. The number of fused-ring (bicyclic) bond motifs is 4. The Morgan fingerprint density at radius 3 is 1.09 bits per heavy atom. The molecule has 4 heteroatoms. The van der Waals surface area contributed by atoms with Crippen LogP contribution in [-0.4, -0.2) is 18.3 Å². The zero-order valence-corrected chi connectivity index (χ0v) is 45.5. The molecule has 342 valence electrons. The summed E-state index contributed by atoms with van der Waals surface area (Å²) in [5.41, 5.74) is 12.5. The van der Waals surface area contributed by atoms with E-state index in [0.717, 1.165) is 11.1 Å². The molecule has 2 nitrogen and oxygen atoms in total. The molecule has 10 aromatic carbocycles. The molecule has 0 radical (unpaired) electrons. The van der Waals surface area contributed by atoms with Gasteiger partial charge in [0.2, 0.25) is 0 Å². The first kappa shape index (κ1) is 50.1. The average Bonchev–Trinajstić information content (AvgIpc) is 3.88. The van der Waals surface area contributed by atoms with Crippen molar-refractivity contribution in [3.63, 3.8) is 0 Å². The summed E-state index contributed by atoms with van der Waals surface area (Å²) in [4.78, 5) is 0. The second-order valence-electron chi connectivity index (χ2n) is 21.3. The van der Waals surface area contributed by atoms with Gasteiger partial charge in [-0.2, -0.15) is 0 Å². The summed E-state index contributed by atoms with van der Waals surface area (Å²) in [6.45, 7) is 26.3. The SMILES string of the molecule is Cc1cc(-c2[cH-]c3ccccc3c2[Si](C)(C)c2c(-c3cc(C)cc4ccccc34)[cH-]c3ccccc23)c2ccccc2c1.Cc1ccc(O)c(C(C)(C)C)c1.Cc1ccc(O)c(C(C)(C)C)c1.[Zr+2]. The molecule has 0 aliphatic rings. The fraction of sp³-hybridized carbons (Fsp3) is 0.219. The molecule has 0 aliphatic carbocycles. The molecule has 0 aliphatic heterocycles. The topological polar surface area (TPSA) is 40.5 Å². The Labute approximate surface area is 425 Å². The van der Waals surface area contributed by atoms with Gasteiger partial charge in [-0.15, -0.1) is 67.3 Å². The number of aryl methyl sites for hydroxylation is 4. The standard InChI is InChI=1S/C42H34Si.2C11H16O.Zr/c1-27-21-29-13-5-9-17-33(29)37(23-27)39-25-31-15-7-11-19-35(31)41(39)43(3,4)42-36-20-12-8-16-32(36)26-40(42)38-24-28(2)22-30-14-6-10-18-34(30)38;2*1-8-5-6-10(12)9(7-8)11(2,3)4;/h5-26H,1-4H3;2*5-7,12H,1-4H3;/q-2;;;+2. The predicted molar refractivity (Wildman–Crippen MR) is 294 cm³/mol. The van der Waals surface area contributed by atoms with E-state index in [0.29, 0.717) is 11.5 Å².